The van der Waals surface area contributed by atoms with E-state index in [1.54, 1.807) is 19.2 Å². The number of nitriles is 1. The second-order valence-electron chi connectivity index (χ2n) is 9.90. The van der Waals surface area contributed by atoms with Gasteiger partial charge in [0.1, 0.15) is 11.8 Å². The molecule has 1 saturated carbocycles. The van der Waals surface area contributed by atoms with E-state index < -0.39 is 0 Å². The van der Waals surface area contributed by atoms with Crippen LogP contribution in [0.3, 0.4) is 0 Å². The highest BCUT2D eigenvalue weighted by molar-refractivity contribution is 6.37. The molecule has 39 heavy (non-hydrogen) atoms. The third-order valence-corrected chi connectivity index (χ3v) is 8.02. The minimum Gasteiger partial charge on any atom is -0.495 e. The van der Waals surface area contributed by atoms with Crippen molar-refractivity contribution in [1.82, 2.24) is 14.8 Å². The number of benzene rings is 2. The van der Waals surface area contributed by atoms with Crippen LogP contribution in [0.5, 0.6) is 17.2 Å². The van der Waals surface area contributed by atoms with E-state index in [0.29, 0.717) is 61.7 Å². The van der Waals surface area contributed by atoms with Crippen molar-refractivity contribution < 1.29 is 14.2 Å². The molecule has 2 fully saturated rings. The Bertz CT molecular complexity index is 1400. The molecule has 2 heterocycles. The molecule has 0 bridgehead atoms. The highest BCUT2D eigenvalue weighted by atomic mass is 35.5. The minimum atomic E-state index is -0.0345. The molecule has 206 valence electrons. The Balaban J connectivity index is 1.29. The van der Waals surface area contributed by atoms with E-state index >= 15 is 0 Å². The summed E-state index contributed by atoms with van der Waals surface area (Å²) in [5.74, 6) is 1.61. The summed E-state index contributed by atoms with van der Waals surface area (Å²) in [4.78, 5) is 9.38. The van der Waals surface area contributed by atoms with Crippen LogP contribution in [0, 0.1) is 11.3 Å². The fraction of sp³-hybridized carbons (Fsp3) is 0.429. The molecule has 1 saturated heterocycles. The predicted molar refractivity (Wildman–Crippen MR) is 154 cm³/mol. The molecular formula is C28H32Cl2N6O3. The molecule has 3 aromatic rings. The van der Waals surface area contributed by atoms with Crippen LogP contribution in [-0.2, 0) is 0 Å². The largest absolute Gasteiger partial charge is 0.495 e. The van der Waals surface area contributed by atoms with Gasteiger partial charge in [-0.05, 0) is 31.4 Å². The summed E-state index contributed by atoms with van der Waals surface area (Å²) in [5.41, 5.74) is 8.40. The molecule has 0 unspecified atom stereocenters. The normalized spacial score (nSPS) is 17.0. The first kappa shape index (κ1) is 27.6. The molecule has 11 heteroatoms. The lowest BCUT2D eigenvalue weighted by Gasteiger charge is -2.38. The number of hydrogen-bond donors (Lipinski definition) is 2. The molecule has 9 nitrogen and oxygen atoms in total. The van der Waals surface area contributed by atoms with Crippen LogP contribution >= 0.6 is 23.2 Å². The number of piperazine rings is 1. The van der Waals surface area contributed by atoms with Gasteiger partial charge in [0.2, 0.25) is 0 Å². The second-order valence-corrected chi connectivity index (χ2v) is 10.7. The van der Waals surface area contributed by atoms with Crippen LogP contribution in [0.25, 0.3) is 10.9 Å². The first-order chi connectivity index (χ1) is 18.8. The summed E-state index contributed by atoms with van der Waals surface area (Å²) in [6.45, 7) is 5.62. The van der Waals surface area contributed by atoms with E-state index in [9.17, 15) is 5.26 Å². The van der Waals surface area contributed by atoms with Crippen LogP contribution in [0.4, 0.5) is 11.4 Å². The maximum absolute atomic E-state index is 9.78. The number of rotatable bonds is 10. The van der Waals surface area contributed by atoms with Crippen LogP contribution in [-0.4, -0.2) is 74.0 Å². The highest BCUT2D eigenvalue weighted by Crippen LogP contribution is 2.40. The Labute approximate surface area is 238 Å². The molecule has 0 amide bonds. The Kier molecular flexibility index (Phi) is 8.21. The smallest absolute Gasteiger partial charge is 0.163 e. The minimum absolute atomic E-state index is 0.0345. The maximum Gasteiger partial charge on any atom is 0.163 e. The Hall–Kier alpha value is -3.00. The van der Waals surface area contributed by atoms with Gasteiger partial charge >= 0.3 is 0 Å². The third kappa shape index (κ3) is 5.96. The van der Waals surface area contributed by atoms with Crippen LogP contribution in [0.2, 0.25) is 10.0 Å². The van der Waals surface area contributed by atoms with Crippen molar-refractivity contribution in [3.63, 3.8) is 0 Å². The zero-order valence-corrected chi connectivity index (χ0v) is 23.6. The number of ether oxygens (including phenoxy) is 3. The van der Waals surface area contributed by atoms with Gasteiger partial charge in [0, 0.05) is 56.4 Å². The number of hydrogen-bond acceptors (Lipinski definition) is 9. The van der Waals surface area contributed by atoms with Gasteiger partial charge in [-0.3, -0.25) is 9.88 Å². The molecule has 1 aliphatic heterocycles. The Morgan fingerprint density at radius 3 is 2.44 bits per heavy atom. The Morgan fingerprint density at radius 1 is 1.03 bits per heavy atom. The number of nitrogens with two attached hydrogens (primary N) is 1. The van der Waals surface area contributed by atoms with Crippen molar-refractivity contribution in [2.45, 2.75) is 24.9 Å². The second kappa shape index (κ2) is 11.6. The summed E-state index contributed by atoms with van der Waals surface area (Å²) in [5, 5.41) is 14.5. The topological polar surface area (TPSA) is 109 Å². The van der Waals surface area contributed by atoms with Crippen molar-refractivity contribution in [2.75, 3.05) is 58.9 Å². The standard InChI is InChI=1S/C28H32Cl2N6O3/c1-37-24-15-23(20(29)13-21(24)30)34-27-18(16-31)17-33-22-14-26(25(38-2)12-19(22)27)39-11-3-6-35-7-9-36(10-8-35)28(32)4-5-28/h12-15,17H,3-11,32H2,1-2H3,(H,33,34). The van der Waals surface area contributed by atoms with Crippen molar-refractivity contribution in [2.24, 2.45) is 5.73 Å². The summed E-state index contributed by atoms with van der Waals surface area (Å²) in [6, 6.07) is 9.13. The van der Waals surface area contributed by atoms with E-state index in [4.69, 9.17) is 43.1 Å². The lowest BCUT2D eigenvalue weighted by atomic mass is 10.1. The van der Waals surface area contributed by atoms with Crippen molar-refractivity contribution in [3.8, 4) is 23.3 Å². The number of halogens is 2. The zero-order valence-electron chi connectivity index (χ0n) is 22.1. The van der Waals surface area contributed by atoms with Gasteiger partial charge in [-0.15, -0.1) is 0 Å². The molecule has 0 spiro atoms. The van der Waals surface area contributed by atoms with Gasteiger partial charge in [0.05, 0.1) is 59.0 Å². The fourth-order valence-corrected chi connectivity index (χ4v) is 5.45. The number of anilines is 2. The summed E-state index contributed by atoms with van der Waals surface area (Å²) in [6.07, 6.45) is 4.64. The third-order valence-electron chi connectivity index (χ3n) is 7.42. The van der Waals surface area contributed by atoms with E-state index in [2.05, 4.69) is 26.2 Å². The number of methoxy groups -OCH3 is 2. The van der Waals surface area contributed by atoms with Crippen LogP contribution in [0.1, 0.15) is 24.8 Å². The predicted octanol–water partition coefficient (Wildman–Crippen LogP) is 5.01. The van der Waals surface area contributed by atoms with Gasteiger partial charge in [-0.25, -0.2) is 0 Å². The van der Waals surface area contributed by atoms with Gasteiger partial charge in [-0.1, -0.05) is 23.2 Å². The van der Waals surface area contributed by atoms with Gasteiger partial charge in [0.25, 0.3) is 0 Å². The number of nitrogens with one attached hydrogen (secondary N) is 1. The highest BCUT2D eigenvalue weighted by Gasteiger charge is 2.44. The Morgan fingerprint density at radius 2 is 1.77 bits per heavy atom. The molecule has 0 radical (unpaired) electrons. The zero-order chi connectivity index (χ0) is 27.6. The molecule has 1 aliphatic carbocycles. The van der Waals surface area contributed by atoms with E-state index in [1.807, 2.05) is 12.1 Å². The molecule has 0 atom stereocenters. The average Bonchev–Trinajstić information content (AvgIpc) is 3.70. The molecule has 5 rings (SSSR count). The molecule has 2 aliphatic rings. The lowest BCUT2D eigenvalue weighted by Crippen LogP contribution is -2.54. The first-order valence-electron chi connectivity index (χ1n) is 12.9. The monoisotopic (exact) mass is 570 g/mol. The van der Waals surface area contributed by atoms with Crippen molar-refractivity contribution in [3.05, 3.63) is 46.1 Å². The van der Waals surface area contributed by atoms with Crippen molar-refractivity contribution >= 4 is 45.5 Å². The van der Waals surface area contributed by atoms with E-state index in [0.717, 1.165) is 52.0 Å². The van der Waals surface area contributed by atoms with Crippen LogP contribution in [0.15, 0.2) is 30.5 Å². The summed E-state index contributed by atoms with van der Waals surface area (Å²) in [7, 11) is 3.12. The SMILES string of the molecule is COc1cc(Nc2c(C#N)cnc3cc(OCCCN4CCN(C5(N)CC5)CC4)c(OC)cc23)c(Cl)cc1Cl. The van der Waals surface area contributed by atoms with Crippen molar-refractivity contribution in [1.29, 1.82) is 5.26 Å². The van der Waals surface area contributed by atoms with Gasteiger partial charge in [-0.2, -0.15) is 5.26 Å². The average molecular weight is 572 g/mol. The summed E-state index contributed by atoms with van der Waals surface area (Å²) >= 11 is 12.6. The first-order valence-corrected chi connectivity index (χ1v) is 13.7. The molecular weight excluding hydrogens is 539 g/mol. The number of pyridine rings is 1. The maximum atomic E-state index is 9.78. The lowest BCUT2D eigenvalue weighted by molar-refractivity contribution is 0.0838. The van der Waals surface area contributed by atoms with E-state index in [1.165, 1.54) is 13.3 Å². The molecule has 2 aromatic carbocycles. The number of nitrogens with zero attached hydrogens (tertiary/aromatic N) is 4. The van der Waals surface area contributed by atoms with Crippen LogP contribution < -0.4 is 25.3 Å². The quantitative estimate of drug-likeness (QED) is 0.325. The fourth-order valence-electron chi connectivity index (χ4n) is 4.94. The molecule has 3 N–H and O–H groups in total. The molecule has 1 aromatic heterocycles. The summed E-state index contributed by atoms with van der Waals surface area (Å²) < 4.78 is 17.1. The van der Waals surface area contributed by atoms with Gasteiger partial charge in [0.15, 0.2) is 11.5 Å². The number of aromatic nitrogens is 1. The van der Waals surface area contributed by atoms with Gasteiger partial charge < -0.3 is 30.2 Å². The van der Waals surface area contributed by atoms with E-state index in [-0.39, 0.29) is 5.66 Å². The number of fused-ring (bicyclic) bond motifs is 1.